The van der Waals surface area contributed by atoms with Gasteiger partial charge in [0, 0.05) is 50.6 Å². The largest absolute Gasteiger partial charge is 0.455 e. The molecule has 10 rings (SSSR count). The fraction of sp³-hybridized carbons (Fsp3) is 0.500. The number of carbonyl (C=O) groups excluding carboxylic acids is 9. The average molecular weight is 1110 g/mol. The van der Waals surface area contributed by atoms with Gasteiger partial charge in [-0.05, 0) is 85.9 Å². The quantitative estimate of drug-likeness (QED) is 0.0484. The molecule has 3 N–H and O–H groups in total. The number of benzene rings is 3. The highest BCUT2D eigenvalue weighted by molar-refractivity contribution is 6.06. The van der Waals surface area contributed by atoms with Crippen molar-refractivity contribution in [2.45, 2.75) is 140 Å². The Morgan fingerprint density at radius 1 is 0.765 bits per heavy atom. The number of rotatable bonds is 17. The van der Waals surface area contributed by atoms with E-state index in [1.165, 1.54) is 30.9 Å². The maximum absolute atomic E-state index is 15.8. The molecule has 0 aromatic heterocycles. The number of hydrogen-bond donors (Lipinski definition) is 3. The van der Waals surface area contributed by atoms with Crippen molar-refractivity contribution >= 4 is 53.4 Å². The molecule has 2 saturated heterocycles. The van der Waals surface area contributed by atoms with Crippen molar-refractivity contribution in [1.82, 2.24) is 10.2 Å². The third-order valence-electron chi connectivity index (χ3n) is 18.5. The van der Waals surface area contributed by atoms with Crippen molar-refractivity contribution in [2.24, 2.45) is 40.4 Å². The number of carbonyl (C=O) groups is 9. The summed E-state index contributed by atoms with van der Waals surface area (Å²) in [4.78, 5) is 129. The first-order chi connectivity index (χ1) is 38.5. The van der Waals surface area contributed by atoms with Gasteiger partial charge in [0.1, 0.15) is 30.0 Å². The van der Waals surface area contributed by atoms with Crippen LogP contribution in [0.2, 0.25) is 0 Å². The number of hydrogen-bond acceptors (Lipinski definition) is 17. The highest BCUT2D eigenvalue weighted by Crippen LogP contribution is 2.64. The molecule has 0 spiro atoms. The van der Waals surface area contributed by atoms with Crippen LogP contribution in [0, 0.1) is 40.4 Å². The molecule has 2 aliphatic heterocycles. The van der Waals surface area contributed by atoms with Crippen LogP contribution in [0.4, 0.5) is 0 Å². The first kappa shape index (κ1) is 56.9. The van der Waals surface area contributed by atoms with E-state index in [4.69, 9.17) is 28.4 Å². The van der Waals surface area contributed by atoms with E-state index in [1.54, 1.807) is 92.7 Å². The number of allylic oxidation sites excluding steroid dienone is 2. The van der Waals surface area contributed by atoms with Gasteiger partial charge < -0.3 is 44.0 Å². The lowest BCUT2D eigenvalue weighted by atomic mass is 9.44. The SMILES string of the molecule is CC(=O)O[C@H]1C(=O)[C@@]2(C)[C@H]([C@H](OC(=O)c3ccccc3)[C@]3(O)C[C@H](OC(=O)[C@H](OC(=O)CCCCCN4C(=O)C5C6C=CC(C6)C5C4=O)[C@@H](NC(=O)c4ccccc4)c4ccccc4)C(C)=C1C3(C)C)[C@]1(OC(C)=O)CO[C@@H]1C[C@@H]2O. The molecule has 81 heavy (non-hydrogen) atoms. The summed E-state index contributed by atoms with van der Waals surface area (Å²) < 4.78 is 37.2. The lowest BCUT2D eigenvalue weighted by Gasteiger charge is -2.67. The fourth-order valence-corrected chi connectivity index (χ4v) is 14.4. The molecule has 15 atom stereocenters. The Morgan fingerprint density at radius 3 is 1.95 bits per heavy atom. The van der Waals surface area contributed by atoms with Crippen LogP contribution in [0.5, 0.6) is 0 Å². The summed E-state index contributed by atoms with van der Waals surface area (Å²) in [5.41, 5.74) is -7.55. The minimum atomic E-state index is -2.49. The number of nitrogens with one attached hydrogen (secondary N) is 1. The highest BCUT2D eigenvalue weighted by Gasteiger charge is 2.78. The summed E-state index contributed by atoms with van der Waals surface area (Å²) in [7, 11) is 0. The van der Waals surface area contributed by atoms with Gasteiger partial charge in [0.15, 0.2) is 17.5 Å². The number of ether oxygens (including phenoxy) is 6. The normalized spacial score (nSPS) is 32.8. The number of esters is 5. The van der Waals surface area contributed by atoms with E-state index in [1.807, 2.05) is 12.2 Å². The van der Waals surface area contributed by atoms with Crippen LogP contribution in [0.1, 0.15) is 119 Å². The summed E-state index contributed by atoms with van der Waals surface area (Å²) in [6.45, 7) is 8.05. The van der Waals surface area contributed by atoms with Gasteiger partial charge in [-0.25, -0.2) is 9.59 Å². The molecule has 0 radical (unpaired) electrons. The Kier molecular flexibility index (Phi) is 15.4. The van der Waals surface area contributed by atoms with Crippen LogP contribution in [-0.2, 0) is 62.0 Å². The Morgan fingerprint density at radius 2 is 1.37 bits per heavy atom. The Labute approximate surface area is 468 Å². The number of amides is 3. The van der Waals surface area contributed by atoms with Crippen molar-refractivity contribution in [2.75, 3.05) is 13.2 Å². The van der Waals surface area contributed by atoms with E-state index >= 15 is 9.59 Å². The van der Waals surface area contributed by atoms with E-state index in [-0.39, 0.29) is 90.2 Å². The lowest BCUT2D eigenvalue weighted by molar-refractivity contribution is -0.346. The molecule has 4 unspecified atom stereocenters. The molecule has 3 aromatic rings. The first-order valence-electron chi connectivity index (χ1n) is 27.8. The molecule has 428 valence electrons. The molecule has 4 bridgehead atoms. The summed E-state index contributed by atoms with van der Waals surface area (Å²) >= 11 is 0. The van der Waals surface area contributed by atoms with E-state index in [0.29, 0.717) is 18.4 Å². The van der Waals surface area contributed by atoms with Crippen LogP contribution in [0.15, 0.2) is 114 Å². The Bertz CT molecular complexity index is 3060. The Hall–Kier alpha value is -7.35. The molecule has 19 nitrogen and oxygen atoms in total. The summed E-state index contributed by atoms with van der Waals surface area (Å²) in [5.74, 6) is -8.83. The van der Waals surface area contributed by atoms with E-state index in [2.05, 4.69) is 5.32 Å². The number of imide groups is 1. The number of fused-ring (bicyclic) bond motifs is 10. The van der Waals surface area contributed by atoms with Crippen LogP contribution in [0.25, 0.3) is 0 Å². The van der Waals surface area contributed by atoms with Crippen LogP contribution in [-0.4, -0.2) is 129 Å². The summed E-state index contributed by atoms with van der Waals surface area (Å²) in [6.07, 6.45) is -5.25. The summed E-state index contributed by atoms with van der Waals surface area (Å²) in [5, 5.41) is 29.2. The van der Waals surface area contributed by atoms with Gasteiger partial charge in [0.2, 0.25) is 17.9 Å². The van der Waals surface area contributed by atoms with Gasteiger partial charge in [-0.3, -0.25) is 38.5 Å². The van der Waals surface area contributed by atoms with Gasteiger partial charge >= 0.3 is 29.8 Å². The monoisotopic (exact) mass is 1110 g/mol. The lowest BCUT2D eigenvalue weighted by Crippen LogP contribution is -2.82. The van der Waals surface area contributed by atoms with Crippen molar-refractivity contribution in [3.05, 3.63) is 131 Å². The first-order valence-corrected chi connectivity index (χ1v) is 27.8. The van der Waals surface area contributed by atoms with E-state index in [0.717, 1.165) is 20.3 Å². The van der Waals surface area contributed by atoms with Crippen LogP contribution in [0.3, 0.4) is 0 Å². The van der Waals surface area contributed by atoms with Crippen LogP contribution < -0.4 is 5.32 Å². The zero-order valence-electron chi connectivity index (χ0n) is 46.1. The molecular formula is C62H68N2O17. The number of aliphatic hydroxyl groups is 2. The number of nitrogens with zero attached hydrogens (tertiary/aromatic N) is 1. The number of unbranched alkanes of at least 4 members (excludes halogenated alkanes) is 2. The molecule has 7 aliphatic rings. The fourth-order valence-electron chi connectivity index (χ4n) is 14.4. The van der Waals surface area contributed by atoms with Gasteiger partial charge in [0.25, 0.3) is 5.91 Å². The molecule has 19 heteroatoms. The zero-order chi connectivity index (χ0) is 57.9. The maximum Gasteiger partial charge on any atom is 0.350 e. The predicted octanol–water partition coefficient (Wildman–Crippen LogP) is 5.65. The highest BCUT2D eigenvalue weighted by atomic mass is 16.6. The molecular weight excluding hydrogens is 1040 g/mol. The third kappa shape index (κ3) is 9.77. The van der Waals surface area contributed by atoms with Gasteiger partial charge in [-0.15, -0.1) is 0 Å². The topological polar surface area (TPSA) is 265 Å². The molecule has 3 saturated carbocycles. The third-order valence-corrected chi connectivity index (χ3v) is 18.5. The number of ketones is 1. The van der Waals surface area contributed by atoms with Gasteiger partial charge in [0.05, 0.1) is 41.4 Å². The second-order valence-corrected chi connectivity index (χ2v) is 23.5. The molecule has 5 aliphatic carbocycles. The van der Waals surface area contributed by atoms with E-state index in [9.17, 15) is 43.8 Å². The van der Waals surface area contributed by atoms with Crippen molar-refractivity contribution < 1.29 is 81.8 Å². The van der Waals surface area contributed by atoms with Gasteiger partial charge in [-0.1, -0.05) is 99.2 Å². The van der Waals surface area contributed by atoms with Crippen molar-refractivity contribution in [3.8, 4) is 0 Å². The number of aliphatic hydroxyl groups excluding tert-OH is 1. The predicted molar refractivity (Wildman–Crippen MR) is 284 cm³/mol. The molecule has 2 heterocycles. The number of likely N-dealkylation sites (tertiary alicyclic amines) is 1. The smallest absolute Gasteiger partial charge is 0.350 e. The Balaban J connectivity index is 1.02. The van der Waals surface area contributed by atoms with Crippen molar-refractivity contribution in [1.29, 1.82) is 0 Å². The van der Waals surface area contributed by atoms with Crippen LogP contribution >= 0.6 is 0 Å². The average Bonchev–Trinajstić information content (AvgIpc) is 3.37. The number of Topliss-reactive ketones (excluding diaryl/α,β-unsaturated/α-hetero) is 1. The zero-order valence-corrected chi connectivity index (χ0v) is 46.1. The maximum atomic E-state index is 15.8. The second kappa shape index (κ2) is 21.8. The molecule has 5 fully saturated rings. The minimum Gasteiger partial charge on any atom is -0.455 e. The standard InChI is InChI=1S/C62H68N2O17/c1-33-41(31-62(75)53(80-57(73)38-23-15-9-16-24-38)51-60(6,42(67)30-43-61(51,32-76-43)81-35(3)66)52(69)49(77-34(2)65)47(33)59(62,4)5)78-58(74)50(48(36-19-11-7-12-20-36)63-54(70)37-21-13-8-14-22-37)79-44(68)25-17-10-18-28-64-55(71)45-39-26-27-40(29-39)46(45)56(64)72/h7-9,11-16,19-24,26-27,39-43,45-46,48-51,53,67,75H,10,17-18,25,28-32H2,1-6H3,(H,63,70)/t39?,40?,41-,42-,43+,45?,46?,48-,49+,50+,51-,53-,60+,61-,62+/m0/s1. The van der Waals surface area contributed by atoms with Gasteiger partial charge in [-0.2, -0.15) is 0 Å². The van der Waals surface area contributed by atoms with E-state index < -0.39 is 119 Å². The van der Waals surface area contributed by atoms with Crippen molar-refractivity contribution in [3.63, 3.8) is 0 Å². The summed E-state index contributed by atoms with van der Waals surface area (Å²) in [6, 6.07) is 22.8. The second-order valence-electron chi connectivity index (χ2n) is 23.5. The minimum absolute atomic E-state index is 0.0363. The molecule has 3 aromatic carbocycles. The molecule has 3 amide bonds.